The number of ether oxygens (including phenoxy) is 1. The largest absolute Gasteiger partial charge is 0.379 e. The number of nitrogens with zero attached hydrogens (tertiary/aromatic N) is 4. The molecule has 8 nitrogen and oxygen atoms in total. The van der Waals surface area contributed by atoms with Crippen LogP contribution in [-0.4, -0.2) is 37.9 Å². The van der Waals surface area contributed by atoms with Crippen molar-refractivity contribution in [2.24, 2.45) is 14.1 Å². The normalized spacial score (nSPS) is 11.5. The SMILES string of the molecule is CC(C)OCCCNc1nc2c(c(=O)n(C)c(=O)n2C)n1Cc1ccccc1. The third-order valence-corrected chi connectivity index (χ3v) is 4.59. The molecule has 0 aliphatic heterocycles. The summed E-state index contributed by atoms with van der Waals surface area (Å²) in [7, 11) is 3.12. The monoisotopic (exact) mass is 385 g/mol. The fraction of sp³-hybridized carbons (Fsp3) is 0.450. The number of aryl methyl sites for hydroxylation is 1. The molecule has 0 fully saturated rings. The van der Waals surface area contributed by atoms with Gasteiger partial charge >= 0.3 is 5.69 Å². The predicted octanol–water partition coefficient (Wildman–Crippen LogP) is 1.71. The van der Waals surface area contributed by atoms with Crippen molar-refractivity contribution in [1.82, 2.24) is 18.7 Å². The molecular formula is C20H27N5O3. The maximum Gasteiger partial charge on any atom is 0.332 e. The number of nitrogens with one attached hydrogen (secondary N) is 1. The Kier molecular flexibility index (Phi) is 5.99. The molecule has 0 radical (unpaired) electrons. The number of fused-ring (bicyclic) bond motifs is 1. The molecule has 28 heavy (non-hydrogen) atoms. The van der Waals surface area contributed by atoms with Crippen LogP contribution in [0.15, 0.2) is 39.9 Å². The van der Waals surface area contributed by atoms with Crippen molar-refractivity contribution >= 4 is 17.1 Å². The van der Waals surface area contributed by atoms with Crippen LogP contribution in [0.1, 0.15) is 25.8 Å². The topological polar surface area (TPSA) is 83.1 Å². The Morgan fingerprint density at radius 3 is 2.50 bits per heavy atom. The van der Waals surface area contributed by atoms with Crippen LogP contribution >= 0.6 is 0 Å². The Bertz CT molecular complexity index is 1060. The van der Waals surface area contributed by atoms with E-state index in [-0.39, 0.29) is 11.7 Å². The van der Waals surface area contributed by atoms with Gasteiger partial charge in [0.15, 0.2) is 11.2 Å². The van der Waals surface area contributed by atoms with Gasteiger partial charge in [-0.15, -0.1) is 0 Å². The van der Waals surface area contributed by atoms with Gasteiger partial charge in [-0.05, 0) is 25.8 Å². The maximum absolute atomic E-state index is 12.8. The minimum atomic E-state index is -0.390. The fourth-order valence-electron chi connectivity index (χ4n) is 3.09. The molecule has 0 unspecified atom stereocenters. The van der Waals surface area contributed by atoms with Gasteiger partial charge in [0, 0.05) is 27.2 Å². The van der Waals surface area contributed by atoms with Gasteiger partial charge in [0.1, 0.15) is 0 Å². The van der Waals surface area contributed by atoms with Crippen molar-refractivity contribution in [3.05, 3.63) is 56.7 Å². The van der Waals surface area contributed by atoms with Gasteiger partial charge in [-0.2, -0.15) is 4.98 Å². The smallest absolute Gasteiger partial charge is 0.332 e. The van der Waals surface area contributed by atoms with Gasteiger partial charge in [0.05, 0.1) is 12.6 Å². The number of anilines is 1. The fourth-order valence-corrected chi connectivity index (χ4v) is 3.09. The van der Waals surface area contributed by atoms with Crippen molar-refractivity contribution in [3.63, 3.8) is 0 Å². The minimum Gasteiger partial charge on any atom is -0.379 e. The highest BCUT2D eigenvalue weighted by Gasteiger charge is 2.19. The van der Waals surface area contributed by atoms with Crippen molar-refractivity contribution < 1.29 is 4.74 Å². The van der Waals surface area contributed by atoms with Crippen LogP contribution in [0.5, 0.6) is 0 Å². The molecule has 2 heterocycles. The lowest BCUT2D eigenvalue weighted by Gasteiger charge is -2.12. The van der Waals surface area contributed by atoms with Crippen LogP contribution in [0.3, 0.4) is 0 Å². The van der Waals surface area contributed by atoms with E-state index in [1.807, 2.05) is 48.7 Å². The van der Waals surface area contributed by atoms with Gasteiger partial charge in [-0.3, -0.25) is 18.5 Å². The van der Waals surface area contributed by atoms with Gasteiger partial charge < -0.3 is 10.1 Å². The Balaban J connectivity index is 2.00. The van der Waals surface area contributed by atoms with Gasteiger partial charge in [-0.1, -0.05) is 30.3 Å². The van der Waals surface area contributed by atoms with E-state index in [1.165, 1.54) is 11.6 Å². The zero-order valence-corrected chi connectivity index (χ0v) is 16.8. The van der Waals surface area contributed by atoms with Crippen LogP contribution in [0.25, 0.3) is 11.2 Å². The Labute approximate surface area is 163 Å². The summed E-state index contributed by atoms with van der Waals surface area (Å²) in [4.78, 5) is 29.7. The predicted molar refractivity (Wildman–Crippen MR) is 110 cm³/mol. The molecule has 0 saturated heterocycles. The highest BCUT2D eigenvalue weighted by atomic mass is 16.5. The molecule has 8 heteroatoms. The Morgan fingerprint density at radius 1 is 1.11 bits per heavy atom. The van der Waals surface area contributed by atoms with Crippen molar-refractivity contribution in [2.45, 2.75) is 32.9 Å². The van der Waals surface area contributed by atoms with E-state index >= 15 is 0 Å². The van der Waals surface area contributed by atoms with E-state index < -0.39 is 5.69 Å². The molecule has 2 aromatic heterocycles. The maximum atomic E-state index is 12.8. The summed E-state index contributed by atoms with van der Waals surface area (Å²) in [6.07, 6.45) is 1.00. The second-order valence-electron chi connectivity index (χ2n) is 7.09. The first-order valence-corrected chi connectivity index (χ1v) is 9.45. The van der Waals surface area contributed by atoms with Crippen LogP contribution < -0.4 is 16.6 Å². The summed E-state index contributed by atoms with van der Waals surface area (Å²) in [5, 5.41) is 3.30. The number of hydrogen-bond acceptors (Lipinski definition) is 5. The third kappa shape index (κ3) is 4.01. The summed E-state index contributed by atoms with van der Waals surface area (Å²) >= 11 is 0. The average molecular weight is 385 g/mol. The third-order valence-electron chi connectivity index (χ3n) is 4.59. The molecule has 0 bridgehead atoms. The number of benzene rings is 1. The molecular weight excluding hydrogens is 358 g/mol. The summed E-state index contributed by atoms with van der Waals surface area (Å²) in [5.41, 5.74) is 1.10. The summed E-state index contributed by atoms with van der Waals surface area (Å²) in [5.74, 6) is 0.571. The van der Waals surface area contributed by atoms with Crippen LogP contribution in [0.2, 0.25) is 0 Å². The number of rotatable bonds is 8. The average Bonchev–Trinajstić information content (AvgIpc) is 3.03. The van der Waals surface area contributed by atoms with Crippen molar-refractivity contribution in [3.8, 4) is 0 Å². The molecule has 0 spiro atoms. The van der Waals surface area contributed by atoms with Crippen molar-refractivity contribution in [1.29, 1.82) is 0 Å². The van der Waals surface area contributed by atoms with E-state index in [4.69, 9.17) is 4.74 Å². The quantitative estimate of drug-likeness (QED) is 0.597. The summed E-state index contributed by atoms with van der Waals surface area (Å²) < 4.78 is 9.94. The molecule has 0 saturated carbocycles. The second kappa shape index (κ2) is 8.43. The molecule has 150 valence electrons. The summed E-state index contributed by atoms with van der Waals surface area (Å²) in [6, 6.07) is 9.86. The lowest BCUT2D eigenvalue weighted by molar-refractivity contribution is 0.0787. The molecule has 1 N–H and O–H groups in total. The Hall–Kier alpha value is -2.87. The van der Waals surface area contributed by atoms with Gasteiger partial charge in [-0.25, -0.2) is 4.79 Å². The van der Waals surface area contributed by atoms with E-state index in [2.05, 4.69) is 10.3 Å². The second-order valence-corrected chi connectivity index (χ2v) is 7.09. The minimum absolute atomic E-state index is 0.195. The van der Waals surface area contributed by atoms with Crippen LogP contribution in [0.4, 0.5) is 5.95 Å². The molecule has 0 aliphatic rings. The van der Waals surface area contributed by atoms with Gasteiger partial charge in [0.2, 0.25) is 5.95 Å². The summed E-state index contributed by atoms with van der Waals surface area (Å²) in [6.45, 7) is 5.78. The Morgan fingerprint density at radius 2 is 1.82 bits per heavy atom. The van der Waals surface area contributed by atoms with Gasteiger partial charge in [0.25, 0.3) is 5.56 Å². The first-order valence-electron chi connectivity index (χ1n) is 9.45. The zero-order chi connectivity index (χ0) is 20.3. The van der Waals surface area contributed by atoms with E-state index in [0.29, 0.717) is 36.8 Å². The molecule has 0 aliphatic carbocycles. The van der Waals surface area contributed by atoms with Crippen LogP contribution in [0, 0.1) is 0 Å². The first-order chi connectivity index (χ1) is 13.4. The molecule has 1 aromatic carbocycles. The number of aromatic nitrogens is 4. The molecule has 0 atom stereocenters. The van der Waals surface area contributed by atoms with E-state index in [9.17, 15) is 9.59 Å². The lowest BCUT2D eigenvalue weighted by Crippen LogP contribution is -2.37. The molecule has 0 amide bonds. The molecule has 3 aromatic rings. The molecule has 3 rings (SSSR count). The lowest BCUT2D eigenvalue weighted by atomic mass is 10.2. The number of imidazole rings is 1. The van der Waals surface area contributed by atoms with E-state index in [1.54, 1.807) is 7.05 Å². The standard InChI is InChI=1S/C20H27N5O3/c1-14(2)28-12-8-11-21-19-22-17-16(18(26)24(4)20(27)23(17)3)25(19)13-15-9-6-5-7-10-15/h5-7,9-10,14H,8,11-13H2,1-4H3,(H,21,22). The zero-order valence-electron chi connectivity index (χ0n) is 16.8. The highest BCUT2D eigenvalue weighted by molar-refractivity contribution is 5.74. The van der Waals surface area contributed by atoms with E-state index in [0.717, 1.165) is 16.6 Å². The van der Waals surface area contributed by atoms with Crippen LogP contribution in [-0.2, 0) is 25.4 Å². The highest BCUT2D eigenvalue weighted by Crippen LogP contribution is 2.18. The first kappa shape index (κ1) is 19.9. The van der Waals surface area contributed by atoms with Crippen molar-refractivity contribution in [2.75, 3.05) is 18.5 Å². The number of hydrogen-bond donors (Lipinski definition) is 1.